The molecule has 1 aromatic rings. The smallest absolute Gasteiger partial charge is 0.407 e. The number of piperidine rings is 1. The lowest BCUT2D eigenvalue weighted by atomic mass is 10.0. The van der Waals surface area contributed by atoms with Crippen LogP contribution in [0.25, 0.3) is 0 Å². The molecule has 2 rings (SSSR count). The van der Waals surface area contributed by atoms with Gasteiger partial charge in [0.2, 0.25) is 0 Å². The molecule has 1 atom stereocenters. The molecule has 1 fully saturated rings. The molecule has 0 spiro atoms. The summed E-state index contributed by atoms with van der Waals surface area (Å²) in [7, 11) is 1.29. The molecule has 1 aliphatic heterocycles. The van der Waals surface area contributed by atoms with Gasteiger partial charge in [-0.15, -0.1) is 0 Å². The molecule has 2 heterocycles. The average molecular weight is 316 g/mol. The monoisotopic (exact) mass is 316 g/mol. The molecular weight excluding hydrogens is 302 g/mol. The Labute approximate surface area is 124 Å². The van der Waals surface area contributed by atoms with Crippen molar-refractivity contribution in [3.63, 3.8) is 0 Å². The highest BCUT2D eigenvalue weighted by Gasteiger charge is 2.47. The minimum Gasteiger partial charge on any atom is -0.440 e. The normalized spacial score (nSPS) is 20.3. The van der Waals surface area contributed by atoms with Crippen molar-refractivity contribution in [2.45, 2.75) is 18.4 Å². The van der Waals surface area contributed by atoms with Crippen molar-refractivity contribution >= 4 is 17.6 Å². The van der Waals surface area contributed by atoms with Crippen LogP contribution in [0.5, 0.6) is 0 Å². The number of hydrogen-bond acceptors (Lipinski definition) is 6. The van der Waals surface area contributed by atoms with Crippen LogP contribution in [-0.4, -0.2) is 48.2 Å². The van der Waals surface area contributed by atoms with Gasteiger partial charge >= 0.3 is 17.8 Å². The topological polar surface area (TPSA) is 97.6 Å². The van der Waals surface area contributed by atoms with E-state index < -0.39 is 29.6 Å². The molecule has 1 saturated heterocycles. The number of aromatic nitrogens is 1. The molecule has 1 aromatic heterocycles. The van der Waals surface area contributed by atoms with Crippen molar-refractivity contribution in [1.29, 1.82) is 0 Å². The number of hydrogen-bond donors (Lipinski definition) is 1. The third kappa shape index (κ3) is 3.38. The summed E-state index contributed by atoms with van der Waals surface area (Å²) < 4.78 is 32.7. The molecule has 22 heavy (non-hydrogen) atoms. The summed E-state index contributed by atoms with van der Waals surface area (Å²) in [6.45, 7) is -0.440. The highest BCUT2D eigenvalue weighted by Crippen LogP contribution is 2.32. The van der Waals surface area contributed by atoms with Crippen LogP contribution in [0.4, 0.5) is 25.1 Å². The first-order valence-electron chi connectivity index (χ1n) is 6.45. The quantitative estimate of drug-likeness (QED) is 0.671. The third-order valence-electron chi connectivity index (χ3n) is 3.27. The van der Waals surface area contributed by atoms with Crippen LogP contribution in [0.15, 0.2) is 18.3 Å². The molecule has 0 saturated carbocycles. The second kappa shape index (κ2) is 6.08. The molecule has 1 unspecified atom stereocenters. The van der Waals surface area contributed by atoms with E-state index in [-0.39, 0.29) is 18.8 Å². The molecule has 10 heteroatoms. The summed E-state index contributed by atoms with van der Waals surface area (Å²) in [5, 5.41) is 12.6. The first-order valence-corrected chi connectivity index (χ1v) is 6.45. The van der Waals surface area contributed by atoms with E-state index in [9.17, 15) is 23.7 Å². The number of alkyl halides is 2. The van der Waals surface area contributed by atoms with Gasteiger partial charge in [0, 0.05) is 26.1 Å². The fourth-order valence-electron chi connectivity index (χ4n) is 2.15. The summed E-state index contributed by atoms with van der Waals surface area (Å²) in [5.74, 6) is -3.58. The zero-order chi connectivity index (χ0) is 16.3. The van der Waals surface area contributed by atoms with Crippen molar-refractivity contribution in [3.8, 4) is 0 Å². The summed E-state index contributed by atoms with van der Waals surface area (Å²) in [5.41, 5.74) is 0.351. The van der Waals surface area contributed by atoms with E-state index in [2.05, 4.69) is 15.0 Å². The number of halogens is 2. The van der Waals surface area contributed by atoms with Crippen LogP contribution in [0.1, 0.15) is 6.42 Å². The Balaban J connectivity index is 2.07. The molecule has 0 radical (unpaired) electrons. The Bertz CT molecular complexity index is 567. The number of carbonyl (C=O) groups is 1. The SMILES string of the molecule is CNC(=O)OC1CCN(c2ccc([N+](=O)[O-])nc2)CC1(F)F. The predicted octanol–water partition coefficient (Wildman–Crippen LogP) is 1.56. The number of alkyl carbamates (subject to hydrolysis) is 1. The predicted molar refractivity (Wildman–Crippen MR) is 72.0 cm³/mol. The van der Waals surface area contributed by atoms with Crippen LogP contribution < -0.4 is 10.2 Å². The molecule has 8 nitrogen and oxygen atoms in total. The Hall–Kier alpha value is -2.52. The molecule has 1 amide bonds. The minimum atomic E-state index is -3.23. The van der Waals surface area contributed by atoms with Crippen molar-refractivity contribution in [2.75, 3.05) is 25.0 Å². The van der Waals surface area contributed by atoms with Gasteiger partial charge in [-0.2, -0.15) is 0 Å². The van der Waals surface area contributed by atoms with E-state index in [0.717, 1.165) is 6.07 Å². The summed E-state index contributed by atoms with van der Waals surface area (Å²) >= 11 is 0. The number of amides is 1. The maximum atomic E-state index is 14.0. The first-order chi connectivity index (χ1) is 10.3. The van der Waals surface area contributed by atoms with Crippen molar-refractivity contribution in [1.82, 2.24) is 10.3 Å². The van der Waals surface area contributed by atoms with Gasteiger partial charge in [0.15, 0.2) is 12.3 Å². The molecular formula is C12H14F2N4O4. The lowest BCUT2D eigenvalue weighted by molar-refractivity contribution is -0.389. The maximum Gasteiger partial charge on any atom is 0.407 e. The van der Waals surface area contributed by atoms with E-state index in [4.69, 9.17) is 0 Å². The number of pyridine rings is 1. The maximum absolute atomic E-state index is 14.0. The second-order valence-corrected chi connectivity index (χ2v) is 4.75. The zero-order valence-electron chi connectivity index (χ0n) is 11.7. The largest absolute Gasteiger partial charge is 0.440 e. The van der Waals surface area contributed by atoms with Crippen molar-refractivity contribution < 1.29 is 23.2 Å². The summed E-state index contributed by atoms with van der Waals surface area (Å²) in [6.07, 6.45) is -1.30. The lowest BCUT2D eigenvalue weighted by Crippen LogP contribution is -2.53. The Morgan fingerprint density at radius 2 is 2.32 bits per heavy atom. The molecule has 1 aliphatic rings. The molecule has 0 aliphatic carbocycles. The Kier molecular flexibility index (Phi) is 4.38. The lowest BCUT2D eigenvalue weighted by Gasteiger charge is -2.38. The number of nitrogens with zero attached hydrogens (tertiary/aromatic N) is 3. The van der Waals surface area contributed by atoms with Gasteiger partial charge in [-0.25, -0.2) is 13.6 Å². The number of carbonyl (C=O) groups excluding carboxylic acids is 1. The van der Waals surface area contributed by atoms with E-state index in [1.54, 1.807) is 0 Å². The van der Waals surface area contributed by atoms with Crippen molar-refractivity contribution in [3.05, 3.63) is 28.4 Å². The fourth-order valence-corrected chi connectivity index (χ4v) is 2.15. The third-order valence-corrected chi connectivity index (χ3v) is 3.27. The van der Waals surface area contributed by atoms with Gasteiger partial charge in [-0.3, -0.25) is 0 Å². The number of anilines is 1. The van der Waals surface area contributed by atoms with E-state index in [1.165, 1.54) is 24.2 Å². The number of nitro groups is 1. The Morgan fingerprint density at radius 3 is 2.82 bits per heavy atom. The van der Waals surface area contributed by atoms with Gasteiger partial charge < -0.3 is 25.1 Å². The van der Waals surface area contributed by atoms with Gasteiger partial charge in [0.1, 0.15) is 0 Å². The number of nitrogens with one attached hydrogen (secondary N) is 1. The minimum absolute atomic E-state index is 0.0581. The van der Waals surface area contributed by atoms with Gasteiger partial charge in [-0.1, -0.05) is 0 Å². The number of ether oxygens (including phenoxy) is 1. The van der Waals surface area contributed by atoms with Crippen LogP contribution in [-0.2, 0) is 4.74 Å². The highest BCUT2D eigenvalue weighted by atomic mass is 19.3. The number of rotatable bonds is 3. The fraction of sp³-hybridized carbons (Fsp3) is 0.500. The van der Waals surface area contributed by atoms with Gasteiger partial charge in [0.25, 0.3) is 0 Å². The molecule has 1 N–H and O–H groups in total. The van der Waals surface area contributed by atoms with Crippen LogP contribution >= 0.6 is 0 Å². The average Bonchev–Trinajstić information content (AvgIpc) is 2.48. The summed E-state index contributed by atoms with van der Waals surface area (Å²) in [4.78, 5) is 25.9. The zero-order valence-corrected chi connectivity index (χ0v) is 11.7. The molecule has 120 valence electrons. The van der Waals surface area contributed by atoms with Gasteiger partial charge in [-0.05, 0) is 16.0 Å². The van der Waals surface area contributed by atoms with Crippen LogP contribution in [0, 0.1) is 10.1 Å². The first kappa shape index (κ1) is 15.9. The summed E-state index contributed by atoms with van der Waals surface area (Å²) in [6, 6.07) is 2.52. The molecule has 0 bridgehead atoms. The van der Waals surface area contributed by atoms with Crippen molar-refractivity contribution in [2.24, 2.45) is 0 Å². The van der Waals surface area contributed by atoms with E-state index in [0.29, 0.717) is 5.69 Å². The van der Waals surface area contributed by atoms with Gasteiger partial charge in [0.05, 0.1) is 12.2 Å². The van der Waals surface area contributed by atoms with E-state index in [1.807, 2.05) is 0 Å². The van der Waals surface area contributed by atoms with E-state index >= 15 is 0 Å². The van der Waals surface area contributed by atoms with Crippen LogP contribution in [0.3, 0.4) is 0 Å². The second-order valence-electron chi connectivity index (χ2n) is 4.75. The molecule has 0 aromatic carbocycles. The Morgan fingerprint density at radius 1 is 1.59 bits per heavy atom. The standard InChI is InChI=1S/C12H14F2N4O4/c1-15-11(19)22-9-4-5-17(7-12(9,13)14)8-2-3-10(16-6-8)18(20)21/h2-3,6,9H,4-5,7H2,1H3,(H,15,19). The highest BCUT2D eigenvalue weighted by molar-refractivity contribution is 5.67. The van der Waals surface area contributed by atoms with Crippen LogP contribution in [0.2, 0.25) is 0 Å².